The second-order valence-corrected chi connectivity index (χ2v) is 12.9. The summed E-state index contributed by atoms with van der Waals surface area (Å²) in [4.78, 5) is 13.6. The Morgan fingerprint density at radius 3 is 2.27 bits per heavy atom. The molecule has 2 N–H and O–H groups in total. The van der Waals surface area contributed by atoms with Crippen LogP contribution >= 0.6 is 0 Å². The van der Waals surface area contributed by atoms with Crippen molar-refractivity contribution >= 4 is 15.9 Å². The van der Waals surface area contributed by atoms with Crippen molar-refractivity contribution < 1.29 is 23.1 Å². The van der Waals surface area contributed by atoms with E-state index >= 15 is 0 Å². The molecule has 3 aromatic rings. The van der Waals surface area contributed by atoms with E-state index in [0.717, 1.165) is 18.4 Å². The molecule has 0 fully saturated rings. The molecular formula is C32H40N2O5S. The lowest BCUT2D eigenvalue weighted by Crippen LogP contribution is -2.52. The molecule has 0 saturated carbocycles. The Bertz CT molecular complexity index is 1360. The van der Waals surface area contributed by atoms with Crippen LogP contribution in [0.5, 0.6) is 5.75 Å². The third-order valence-corrected chi connectivity index (χ3v) is 9.31. The molecule has 1 amide bonds. The summed E-state index contributed by atoms with van der Waals surface area (Å²) in [5, 5.41) is 14.6. The van der Waals surface area contributed by atoms with Crippen molar-refractivity contribution in [3.63, 3.8) is 0 Å². The highest BCUT2D eigenvalue weighted by atomic mass is 32.2. The minimum Gasteiger partial charge on any atom is -0.497 e. The normalized spacial score (nSPS) is 16.8. The van der Waals surface area contributed by atoms with Crippen molar-refractivity contribution in [2.24, 2.45) is 11.8 Å². The standard InChI is InChI=1S/C32H40N2O5S/c1-23(2)21-34(40(37,38)29-17-15-28(39-3)16-18-29)22-31(35)30(19-24-9-5-4-6-10-24)33-32(36)27-14-13-25-11-7-8-12-26(25)20-27/h4-12,15-18,23,27,30-31,35H,13-14,19-22H2,1-3H3,(H,33,36)/t27?,30-,31+/m0/s1. The van der Waals surface area contributed by atoms with E-state index in [0.29, 0.717) is 18.6 Å². The number of nitrogens with zero attached hydrogens (tertiary/aromatic N) is 1. The van der Waals surface area contributed by atoms with Gasteiger partial charge in [0, 0.05) is 19.0 Å². The van der Waals surface area contributed by atoms with Crippen LogP contribution in [0.15, 0.2) is 83.8 Å². The first-order chi connectivity index (χ1) is 19.2. The average Bonchev–Trinajstić information content (AvgIpc) is 2.96. The highest BCUT2D eigenvalue weighted by Gasteiger charge is 2.33. The molecule has 0 heterocycles. The molecule has 40 heavy (non-hydrogen) atoms. The fraction of sp³-hybridized carbons (Fsp3) is 0.406. The number of aliphatic hydroxyl groups is 1. The highest BCUT2D eigenvalue weighted by molar-refractivity contribution is 7.89. The van der Waals surface area contributed by atoms with E-state index in [1.54, 1.807) is 12.1 Å². The molecule has 0 spiro atoms. The predicted octanol–water partition coefficient (Wildman–Crippen LogP) is 4.24. The van der Waals surface area contributed by atoms with E-state index in [1.807, 2.05) is 56.3 Å². The molecule has 0 aliphatic heterocycles. The molecule has 1 aliphatic rings. The summed E-state index contributed by atoms with van der Waals surface area (Å²) >= 11 is 0. The molecule has 1 aliphatic carbocycles. The molecule has 0 saturated heterocycles. The number of sulfonamides is 1. The van der Waals surface area contributed by atoms with Gasteiger partial charge in [0.2, 0.25) is 15.9 Å². The van der Waals surface area contributed by atoms with Gasteiger partial charge in [0.15, 0.2) is 0 Å². The second-order valence-electron chi connectivity index (χ2n) is 11.0. The van der Waals surface area contributed by atoms with Crippen LogP contribution in [0.1, 0.15) is 37.0 Å². The fourth-order valence-electron chi connectivity index (χ4n) is 5.28. The Morgan fingerprint density at radius 1 is 0.975 bits per heavy atom. The minimum absolute atomic E-state index is 0.0321. The van der Waals surface area contributed by atoms with Crippen LogP contribution in [-0.4, -0.2) is 56.1 Å². The van der Waals surface area contributed by atoms with E-state index < -0.39 is 22.2 Å². The Hall–Kier alpha value is -3.20. The number of fused-ring (bicyclic) bond motifs is 1. The molecular weight excluding hydrogens is 524 g/mol. The monoisotopic (exact) mass is 564 g/mol. The quantitative estimate of drug-likeness (QED) is 0.343. The van der Waals surface area contributed by atoms with Crippen LogP contribution in [0.2, 0.25) is 0 Å². The summed E-state index contributed by atoms with van der Waals surface area (Å²) in [5.41, 5.74) is 3.41. The van der Waals surface area contributed by atoms with E-state index in [-0.39, 0.29) is 35.7 Å². The van der Waals surface area contributed by atoms with Crippen LogP contribution < -0.4 is 10.1 Å². The number of methoxy groups -OCH3 is 1. The predicted molar refractivity (Wildman–Crippen MR) is 157 cm³/mol. The van der Waals surface area contributed by atoms with Crippen molar-refractivity contribution in [2.75, 3.05) is 20.2 Å². The number of benzene rings is 3. The SMILES string of the molecule is COc1ccc(S(=O)(=O)N(CC(C)C)C[C@@H](O)[C@H](Cc2ccccc2)NC(=O)C2CCc3ccccc3C2)cc1. The van der Waals surface area contributed by atoms with Crippen molar-refractivity contribution in [1.29, 1.82) is 0 Å². The molecule has 8 heteroatoms. The van der Waals surface area contributed by atoms with Gasteiger partial charge in [-0.1, -0.05) is 68.4 Å². The summed E-state index contributed by atoms with van der Waals surface area (Å²) in [7, 11) is -2.37. The average molecular weight is 565 g/mol. The van der Waals surface area contributed by atoms with Crippen LogP contribution in [-0.2, 0) is 34.1 Å². The fourth-order valence-corrected chi connectivity index (χ4v) is 6.91. The third-order valence-electron chi connectivity index (χ3n) is 7.46. The van der Waals surface area contributed by atoms with Crippen LogP contribution in [0.3, 0.4) is 0 Å². The summed E-state index contributed by atoms with van der Waals surface area (Å²) in [6.07, 6.45) is 1.49. The maximum absolute atomic E-state index is 13.7. The van der Waals surface area contributed by atoms with Gasteiger partial charge in [-0.15, -0.1) is 0 Å². The molecule has 0 aromatic heterocycles. The largest absolute Gasteiger partial charge is 0.497 e. The third kappa shape index (κ3) is 7.50. The number of aliphatic hydroxyl groups excluding tert-OH is 1. The molecule has 4 rings (SSSR count). The molecule has 0 radical (unpaired) electrons. The van der Waals surface area contributed by atoms with Crippen molar-refractivity contribution in [2.45, 2.75) is 56.6 Å². The Morgan fingerprint density at radius 2 is 1.62 bits per heavy atom. The number of nitrogens with one attached hydrogen (secondary N) is 1. The van der Waals surface area contributed by atoms with E-state index in [4.69, 9.17) is 4.74 Å². The zero-order valence-electron chi connectivity index (χ0n) is 23.5. The molecule has 7 nitrogen and oxygen atoms in total. The van der Waals surface area contributed by atoms with Gasteiger partial charge in [-0.3, -0.25) is 4.79 Å². The van der Waals surface area contributed by atoms with Gasteiger partial charge in [0.05, 0.1) is 24.2 Å². The first kappa shape index (κ1) is 29.8. The highest BCUT2D eigenvalue weighted by Crippen LogP contribution is 2.26. The van der Waals surface area contributed by atoms with Crippen LogP contribution in [0.25, 0.3) is 0 Å². The van der Waals surface area contributed by atoms with Gasteiger partial charge in [-0.05, 0) is 72.6 Å². The minimum atomic E-state index is -3.90. The number of aryl methyl sites for hydroxylation is 1. The first-order valence-corrected chi connectivity index (χ1v) is 15.3. The van der Waals surface area contributed by atoms with E-state index in [1.165, 1.54) is 34.7 Å². The number of hydrogen-bond acceptors (Lipinski definition) is 5. The van der Waals surface area contributed by atoms with Gasteiger partial charge < -0.3 is 15.2 Å². The van der Waals surface area contributed by atoms with Crippen LogP contribution in [0.4, 0.5) is 0 Å². The molecule has 0 bridgehead atoms. The van der Waals surface area contributed by atoms with Gasteiger partial charge in [0.1, 0.15) is 5.75 Å². The molecule has 3 aromatic carbocycles. The Kier molecular flexibility index (Phi) is 10.0. The Labute approximate surface area is 238 Å². The molecule has 1 unspecified atom stereocenters. The number of ether oxygens (including phenoxy) is 1. The lowest BCUT2D eigenvalue weighted by atomic mass is 9.83. The molecule has 3 atom stereocenters. The molecule has 214 valence electrons. The van der Waals surface area contributed by atoms with Crippen molar-refractivity contribution in [3.05, 3.63) is 95.6 Å². The smallest absolute Gasteiger partial charge is 0.243 e. The van der Waals surface area contributed by atoms with E-state index in [9.17, 15) is 18.3 Å². The maximum atomic E-state index is 13.7. The van der Waals surface area contributed by atoms with Crippen molar-refractivity contribution in [3.8, 4) is 5.75 Å². The number of hydrogen-bond donors (Lipinski definition) is 2. The number of carbonyl (C=O) groups is 1. The number of carbonyl (C=O) groups excluding carboxylic acids is 1. The summed E-state index contributed by atoms with van der Waals surface area (Å²) < 4.78 is 33.8. The second kappa shape index (κ2) is 13.4. The van der Waals surface area contributed by atoms with E-state index in [2.05, 4.69) is 17.4 Å². The topological polar surface area (TPSA) is 95.9 Å². The van der Waals surface area contributed by atoms with Crippen LogP contribution in [0, 0.1) is 11.8 Å². The van der Waals surface area contributed by atoms with Gasteiger partial charge in [0.25, 0.3) is 0 Å². The van der Waals surface area contributed by atoms with Gasteiger partial charge >= 0.3 is 0 Å². The van der Waals surface area contributed by atoms with Gasteiger partial charge in [-0.2, -0.15) is 4.31 Å². The number of amides is 1. The first-order valence-electron chi connectivity index (χ1n) is 13.9. The lowest BCUT2D eigenvalue weighted by molar-refractivity contribution is -0.127. The summed E-state index contributed by atoms with van der Waals surface area (Å²) in [5.74, 6) is 0.285. The lowest BCUT2D eigenvalue weighted by Gasteiger charge is -2.32. The van der Waals surface area contributed by atoms with Crippen molar-refractivity contribution in [1.82, 2.24) is 9.62 Å². The number of rotatable bonds is 12. The summed E-state index contributed by atoms with van der Waals surface area (Å²) in [6.45, 7) is 3.97. The summed E-state index contributed by atoms with van der Waals surface area (Å²) in [6, 6.07) is 23.4. The zero-order chi connectivity index (χ0) is 28.7. The maximum Gasteiger partial charge on any atom is 0.243 e. The Balaban J connectivity index is 1.55. The zero-order valence-corrected chi connectivity index (χ0v) is 24.3. The van der Waals surface area contributed by atoms with Gasteiger partial charge in [-0.25, -0.2) is 8.42 Å².